The number of hydrogen-bond donors (Lipinski definition) is 0. The maximum absolute atomic E-state index is 6.82. The fourth-order valence-electron chi connectivity index (χ4n) is 8.46. The van der Waals surface area contributed by atoms with Gasteiger partial charge in [-0.15, -0.1) is 11.3 Å². The number of fused-ring (bicyclic) bond motifs is 4. The number of aromatic nitrogens is 1. The van der Waals surface area contributed by atoms with Crippen molar-refractivity contribution in [1.82, 2.24) is 4.57 Å². The standard InChI is InChI=1S/C48H28N2O2S/c1-2-10-29(11-3-1)31-12-6-13-33(28-31)49(38-16-8-21-43-44(38)37-14-4-5-20-42(37)53-43)32-24-22-30(23-25-32)34-26-27-36-35-15-7-17-39-45(35)50-46(36)48(34)52-41-19-9-18-40(51-39)47(41)50/h1-28H. The van der Waals surface area contributed by atoms with E-state index in [0.29, 0.717) is 0 Å². The molecule has 4 heterocycles. The highest BCUT2D eigenvalue weighted by atomic mass is 32.1. The molecule has 5 heteroatoms. The van der Waals surface area contributed by atoms with Crippen LogP contribution in [0.3, 0.4) is 0 Å². The van der Waals surface area contributed by atoms with E-state index in [2.05, 4.69) is 161 Å². The zero-order chi connectivity index (χ0) is 34.6. The molecule has 0 N–H and O–H groups in total. The number of thiophene rings is 1. The van der Waals surface area contributed by atoms with E-state index in [4.69, 9.17) is 9.47 Å². The lowest BCUT2D eigenvalue weighted by molar-refractivity contribution is 0.445. The fraction of sp³-hybridized carbons (Fsp3) is 0. The third kappa shape index (κ3) is 4.11. The SMILES string of the molecule is c1ccc(-c2cccc(N(c3ccc(-c4ccc5c6cccc7c6n6c5c4Oc4cccc(c4-6)O7)cc3)c3cccc4sc5ccccc5c34)c2)cc1. The van der Waals surface area contributed by atoms with Crippen LogP contribution in [0, 0.1) is 0 Å². The molecule has 53 heavy (non-hydrogen) atoms. The number of rotatable bonds is 5. The van der Waals surface area contributed by atoms with Gasteiger partial charge in [-0.1, -0.05) is 103 Å². The molecular formula is C48H28N2O2S. The van der Waals surface area contributed by atoms with Crippen LogP contribution in [-0.4, -0.2) is 4.57 Å². The van der Waals surface area contributed by atoms with Crippen molar-refractivity contribution in [2.75, 3.05) is 4.90 Å². The van der Waals surface area contributed by atoms with Crippen LogP contribution in [0.5, 0.6) is 23.0 Å². The summed E-state index contributed by atoms with van der Waals surface area (Å²) in [5.41, 5.74) is 11.0. The Labute approximate surface area is 308 Å². The van der Waals surface area contributed by atoms with E-state index in [9.17, 15) is 0 Å². The molecule has 12 rings (SSSR count). The average molecular weight is 697 g/mol. The molecule has 8 aromatic carbocycles. The van der Waals surface area contributed by atoms with E-state index in [1.54, 1.807) is 0 Å². The molecule has 0 fully saturated rings. The smallest absolute Gasteiger partial charge is 0.160 e. The van der Waals surface area contributed by atoms with Crippen LogP contribution in [0.4, 0.5) is 17.1 Å². The van der Waals surface area contributed by atoms with Gasteiger partial charge < -0.3 is 14.4 Å². The summed E-state index contributed by atoms with van der Waals surface area (Å²) >= 11 is 1.85. The van der Waals surface area contributed by atoms with Crippen molar-refractivity contribution in [2.24, 2.45) is 0 Å². The quantitative estimate of drug-likeness (QED) is 0.179. The molecule has 10 aromatic rings. The highest BCUT2D eigenvalue weighted by molar-refractivity contribution is 7.26. The van der Waals surface area contributed by atoms with Crippen molar-refractivity contribution in [3.8, 4) is 50.9 Å². The Morgan fingerprint density at radius 2 is 1.15 bits per heavy atom. The largest absolute Gasteiger partial charge is 0.453 e. The minimum absolute atomic E-state index is 0.799. The number of hydrogen-bond acceptors (Lipinski definition) is 4. The van der Waals surface area contributed by atoms with Gasteiger partial charge in [-0.05, 0) is 83.4 Å². The van der Waals surface area contributed by atoms with Gasteiger partial charge in [-0.25, -0.2) is 0 Å². The van der Waals surface area contributed by atoms with Crippen LogP contribution in [0.1, 0.15) is 0 Å². The van der Waals surface area contributed by atoms with Crippen molar-refractivity contribution in [1.29, 1.82) is 0 Å². The highest BCUT2D eigenvalue weighted by Gasteiger charge is 2.33. The summed E-state index contributed by atoms with van der Waals surface area (Å²) in [6.07, 6.45) is 0. The number of anilines is 3. The number of benzene rings is 8. The van der Waals surface area contributed by atoms with E-state index in [1.807, 2.05) is 29.5 Å². The van der Waals surface area contributed by atoms with Crippen LogP contribution < -0.4 is 14.4 Å². The van der Waals surface area contributed by atoms with Gasteiger partial charge in [-0.2, -0.15) is 0 Å². The third-order valence-electron chi connectivity index (χ3n) is 10.8. The normalized spacial score (nSPS) is 12.5. The van der Waals surface area contributed by atoms with E-state index in [0.717, 1.165) is 78.7 Å². The number of nitrogens with zero attached hydrogens (tertiary/aromatic N) is 2. The summed E-state index contributed by atoms with van der Waals surface area (Å²) in [5.74, 6) is 3.34. The molecule has 248 valence electrons. The molecule has 0 atom stereocenters. The lowest BCUT2D eigenvalue weighted by atomic mass is 10.00. The first-order valence-electron chi connectivity index (χ1n) is 17.8. The molecule has 2 aromatic heterocycles. The summed E-state index contributed by atoms with van der Waals surface area (Å²) in [6.45, 7) is 0. The number of ether oxygens (including phenoxy) is 2. The van der Waals surface area contributed by atoms with Gasteiger partial charge >= 0.3 is 0 Å². The molecule has 0 unspecified atom stereocenters. The lowest BCUT2D eigenvalue weighted by Crippen LogP contribution is -2.11. The second-order valence-electron chi connectivity index (χ2n) is 13.7. The highest BCUT2D eigenvalue weighted by Crippen LogP contribution is 2.56. The van der Waals surface area contributed by atoms with Crippen molar-refractivity contribution in [2.45, 2.75) is 0 Å². The minimum Gasteiger partial charge on any atom is -0.453 e. The Morgan fingerprint density at radius 1 is 0.453 bits per heavy atom. The van der Waals surface area contributed by atoms with Crippen LogP contribution in [0.2, 0.25) is 0 Å². The summed E-state index contributed by atoms with van der Waals surface area (Å²) in [7, 11) is 0. The summed E-state index contributed by atoms with van der Waals surface area (Å²) in [5, 5.41) is 4.86. The van der Waals surface area contributed by atoms with Crippen molar-refractivity contribution < 1.29 is 9.47 Å². The van der Waals surface area contributed by atoms with Gasteiger partial charge in [0, 0.05) is 47.9 Å². The third-order valence-corrected chi connectivity index (χ3v) is 11.9. The molecule has 2 aliphatic heterocycles. The second-order valence-corrected chi connectivity index (χ2v) is 14.8. The van der Waals surface area contributed by atoms with Crippen LogP contribution in [0.25, 0.3) is 69.9 Å². The van der Waals surface area contributed by atoms with Gasteiger partial charge in [0.25, 0.3) is 0 Å². The van der Waals surface area contributed by atoms with E-state index < -0.39 is 0 Å². The zero-order valence-corrected chi connectivity index (χ0v) is 29.1. The van der Waals surface area contributed by atoms with Crippen LogP contribution >= 0.6 is 11.3 Å². The summed E-state index contributed by atoms with van der Waals surface area (Å²) in [6, 6.07) is 60.6. The summed E-state index contributed by atoms with van der Waals surface area (Å²) in [4.78, 5) is 2.41. The van der Waals surface area contributed by atoms with Gasteiger partial charge in [0.15, 0.2) is 23.0 Å². The molecule has 0 saturated heterocycles. The molecule has 2 aliphatic rings. The Hall–Kier alpha value is -6.82. The molecule has 0 spiro atoms. The average Bonchev–Trinajstić information content (AvgIpc) is 3.77. The molecular weight excluding hydrogens is 669 g/mol. The lowest BCUT2D eigenvalue weighted by Gasteiger charge is -2.28. The van der Waals surface area contributed by atoms with Gasteiger partial charge in [0.1, 0.15) is 5.69 Å². The monoisotopic (exact) mass is 696 g/mol. The van der Waals surface area contributed by atoms with E-state index in [1.165, 1.54) is 31.3 Å². The van der Waals surface area contributed by atoms with Crippen molar-refractivity contribution in [3.05, 3.63) is 170 Å². The van der Waals surface area contributed by atoms with Crippen LogP contribution in [-0.2, 0) is 0 Å². The number of para-hydroxylation sites is 2. The minimum atomic E-state index is 0.799. The van der Waals surface area contributed by atoms with E-state index >= 15 is 0 Å². The topological polar surface area (TPSA) is 26.6 Å². The fourth-order valence-corrected chi connectivity index (χ4v) is 9.59. The maximum atomic E-state index is 6.82. The molecule has 4 nitrogen and oxygen atoms in total. The zero-order valence-electron chi connectivity index (χ0n) is 28.3. The Balaban J connectivity index is 1.05. The predicted octanol–water partition coefficient (Wildman–Crippen LogP) is 14.2. The first-order valence-corrected chi connectivity index (χ1v) is 18.7. The van der Waals surface area contributed by atoms with Crippen molar-refractivity contribution >= 4 is 70.4 Å². The van der Waals surface area contributed by atoms with Gasteiger partial charge in [-0.3, -0.25) is 4.57 Å². The molecule has 0 bridgehead atoms. The van der Waals surface area contributed by atoms with E-state index in [-0.39, 0.29) is 0 Å². The first-order chi connectivity index (χ1) is 26.3. The molecule has 0 aliphatic carbocycles. The Kier molecular flexibility index (Phi) is 5.90. The van der Waals surface area contributed by atoms with Crippen molar-refractivity contribution in [3.63, 3.8) is 0 Å². The molecule has 0 radical (unpaired) electrons. The Bertz CT molecular complexity index is 3120. The second kappa shape index (κ2) is 10.8. The summed E-state index contributed by atoms with van der Waals surface area (Å²) < 4.78 is 18.1. The first kappa shape index (κ1) is 28.8. The van der Waals surface area contributed by atoms with Crippen LogP contribution in [0.15, 0.2) is 170 Å². The van der Waals surface area contributed by atoms with Gasteiger partial charge in [0.2, 0.25) is 0 Å². The predicted molar refractivity (Wildman–Crippen MR) is 219 cm³/mol. The molecule has 0 saturated carbocycles. The maximum Gasteiger partial charge on any atom is 0.160 e. The van der Waals surface area contributed by atoms with Gasteiger partial charge in [0.05, 0.1) is 16.7 Å². The Morgan fingerprint density at radius 3 is 2.06 bits per heavy atom. The molecule has 0 amide bonds.